The van der Waals surface area contributed by atoms with Crippen LogP contribution in [-0.4, -0.2) is 72.6 Å². The van der Waals surface area contributed by atoms with E-state index in [1.54, 1.807) is 13.8 Å². The molecule has 0 aromatic carbocycles. The molecule has 4 aliphatic rings. The quantitative estimate of drug-likeness (QED) is 0.362. The molecule has 0 heterocycles. The minimum atomic E-state index is -2.02. The van der Waals surface area contributed by atoms with Crippen LogP contribution in [-0.2, 0) is 19.2 Å². The number of carboxylic acids is 2. The molecule has 0 aromatic heterocycles. The van der Waals surface area contributed by atoms with E-state index >= 15 is 4.39 Å². The molecular weight excluding hydrogens is 530 g/mol. The van der Waals surface area contributed by atoms with Gasteiger partial charge in [-0.15, -0.1) is 23.2 Å². The summed E-state index contributed by atoms with van der Waals surface area (Å²) in [5, 5.41) is 40.3. The van der Waals surface area contributed by atoms with Gasteiger partial charge in [-0.3, -0.25) is 19.2 Å². The number of alkyl halides is 3. The monoisotopic (exact) mass is 560 g/mol. The van der Waals surface area contributed by atoms with Crippen molar-refractivity contribution in [2.24, 2.45) is 34.0 Å². The highest BCUT2D eigenvalue weighted by molar-refractivity contribution is 6.34. The number of halogens is 3. The van der Waals surface area contributed by atoms with Crippen molar-refractivity contribution in [3.63, 3.8) is 0 Å². The molecule has 11 heteroatoms. The Hall–Kier alpha value is -1.81. The molecule has 0 radical (unpaired) electrons. The Morgan fingerprint density at radius 2 is 1.84 bits per heavy atom. The van der Waals surface area contributed by atoms with Gasteiger partial charge in [-0.2, -0.15) is 0 Å². The van der Waals surface area contributed by atoms with Crippen molar-refractivity contribution in [3.8, 4) is 0 Å². The van der Waals surface area contributed by atoms with Crippen molar-refractivity contribution >= 4 is 46.7 Å². The summed E-state index contributed by atoms with van der Waals surface area (Å²) in [5.41, 5.74) is -4.29. The van der Waals surface area contributed by atoms with Crippen molar-refractivity contribution < 1.29 is 44.0 Å². The van der Waals surface area contributed by atoms with E-state index in [4.69, 9.17) is 23.2 Å². The van der Waals surface area contributed by atoms with E-state index in [1.165, 1.54) is 25.2 Å². The van der Waals surface area contributed by atoms with Gasteiger partial charge < -0.3 is 20.4 Å². The van der Waals surface area contributed by atoms with Crippen molar-refractivity contribution in [2.75, 3.05) is 0 Å². The average molecular weight is 561 g/mol. The van der Waals surface area contributed by atoms with Crippen LogP contribution in [0, 0.1) is 34.0 Å². The summed E-state index contributed by atoms with van der Waals surface area (Å²) in [6.45, 7) is 4.78. The van der Waals surface area contributed by atoms with E-state index in [1.807, 2.05) is 0 Å². The van der Waals surface area contributed by atoms with Gasteiger partial charge in [-0.1, -0.05) is 26.8 Å². The number of Topliss-reactive ketones (excluding diaryl/α,β-unsaturated/α-hetero) is 1. The van der Waals surface area contributed by atoms with Gasteiger partial charge in [-0.25, -0.2) is 4.39 Å². The fraction of sp³-hybridized carbons (Fsp3) is 0.692. The van der Waals surface area contributed by atoms with Gasteiger partial charge in [0.2, 0.25) is 0 Å². The van der Waals surface area contributed by atoms with Crippen LogP contribution in [0.15, 0.2) is 23.8 Å². The van der Waals surface area contributed by atoms with Gasteiger partial charge in [0.05, 0.1) is 34.6 Å². The Morgan fingerprint density at radius 1 is 1.22 bits per heavy atom. The van der Waals surface area contributed by atoms with Crippen LogP contribution < -0.4 is 0 Å². The van der Waals surface area contributed by atoms with Crippen LogP contribution >= 0.6 is 23.2 Å². The highest BCUT2D eigenvalue weighted by atomic mass is 35.5. The second-order valence-corrected chi connectivity index (χ2v) is 12.7. The van der Waals surface area contributed by atoms with Gasteiger partial charge in [0.1, 0.15) is 12.3 Å². The van der Waals surface area contributed by atoms with E-state index in [0.29, 0.717) is 0 Å². The fourth-order valence-electron chi connectivity index (χ4n) is 8.40. The van der Waals surface area contributed by atoms with E-state index in [2.05, 4.69) is 0 Å². The van der Waals surface area contributed by atoms with E-state index in [9.17, 15) is 39.6 Å². The van der Waals surface area contributed by atoms with E-state index in [-0.39, 0.29) is 24.2 Å². The third kappa shape index (κ3) is 3.53. The van der Waals surface area contributed by atoms with E-state index < -0.39 is 93.2 Å². The standard InChI is InChI=1S/C26H31Cl2FO8/c1-11-21(36)20-14-7-15(29)13-6-12(30)4-5-23(13,2)26(14,28)17(27)9-24(20,3)25(11,10-19(34)35)22(37)16(31)8-18(32)33/h4-6,11,14-17,20-21,31,36H,7-10H2,1-3H3,(H,32,33)(H,34,35)/t11-,14+,15-,16?,17+,20-,21?,23+,24+,25?,26?/m1/s1. The number of rotatable bonds is 6. The average Bonchev–Trinajstić information content (AvgIpc) is 2.94. The first-order valence-electron chi connectivity index (χ1n) is 12.3. The van der Waals surface area contributed by atoms with Crippen LogP contribution in [0.25, 0.3) is 0 Å². The number of hydrogen-bond acceptors (Lipinski definition) is 6. The Bertz CT molecular complexity index is 1120. The predicted octanol–water partition coefficient (Wildman–Crippen LogP) is 2.90. The largest absolute Gasteiger partial charge is 0.481 e. The molecule has 0 saturated heterocycles. The summed E-state index contributed by atoms with van der Waals surface area (Å²) in [7, 11) is 0. The number of carboxylic acid groups (broad SMARTS) is 2. The predicted molar refractivity (Wildman–Crippen MR) is 131 cm³/mol. The lowest BCUT2D eigenvalue weighted by atomic mass is 9.43. The number of hydrogen-bond donors (Lipinski definition) is 4. The van der Waals surface area contributed by atoms with Crippen molar-refractivity contribution in [2.45, 2.75) is 75.1 Å². The smallest absolute Gasteiger partial charge is 0.306 e. The third-order valence-electron chi connectivity index (χ3n) is 10.1. The molecule has 0 aliphatic heterocycles. The maximum absolute atomic E-state index is 15.7. The van der Waals surface area contributed by atoms with Gasteiger partial charge in [-0.05, 0) is 53.7 Å². The van der Waals surface area contributed by atoms with E-state index in [0.717, 1.165) is 0 Å². The number of carbonyl (C=O) groups excluding carboxylic acids is 2. The molecule has 0 spiro atoms. The number of fused-ring (bicyclic) bond motifs is 5. The first-order chi connectivity index (χ1) is 17.0. The molecule has 8 nitrogen and oxygen atoms in total. The Labute approximate surface area is 223 Å². The van der Waals surface area contributed by atoms with Crippen LogP contribution in [0.2, 0.25) is 0 Å². The van der Waals surface area contributed by atoms with Crippen LogP contribution in [0.1, 0.15) is 46.5 Å². The molecule has 4 aliphatic carbocycles. The number of carbonyl (C=O) groups is 4. The van der Waals surface area contributed by atoms with Crippen molar-refractivity contribution in [3.05, 3.63) is 23.8 Å². The maximum atomic E-state index is 15.7. The third-order valence-corrected chi connectivity index (χ3v) is 11.6. The summed E-state index contributed by atoms with van der Waals surface area (Å²) in [5.74, 6) is -6.99. The van der Waals surface area contributed by atoms with Crippen LogP contribution in [0.4, 0.5) is 4.39 Å². The Kier molecular flexibility index (Phi) is 6.76. The summed E-state index contributed by atoms with van der Waals surface area (Å²) < 4.78 is 15.7. The SMILES string of the molecule is C[C@@H]1C(O)[C@H]2[C@@H]3C[C@@H](F)C4=CC(=O)C=C[C@]4(C)C3(Cl)[C@@H](Cl)C[C@]2(C)C1(CC(=O)O)C(=O)C(O)CC(=O)O. The molecule has 0 bridgehead atoms. The van der Waals surface area contributed by atoms with Crippen LogP contribution in [0.5, 0.6) is 0 Å². The van der Waals surface area contributed by atoms with Gasteiger partial charge in [0, 0.05) is 5.41 Å². The minimum Gasteiger partial charge on any atom is -0.481 e. The lowest BCUT2D eigenvalue weighted by Gasteiger charge is -2.65. The maximum Gasteiger partial charge on any atom is 0.306 e. The normalized spacial score (nSPS) is 47.4. The minimum absolute atomic E-state index is 0.0684. The molecule has 0 aromatic rings. The molecule has 204 valence electrons. The molecule has 11 atom stereocenters. The molecule has 3 fully saturated rings. The molecule has 37 heavy (non-hydrogen) atoms. The Morgan fingerprint density at radius 3 is 2.41 bits per heavy atom. The lowest BCUT2D eigenvalue weighted by Crippen LogP contribution is -2.68. The Balaban J connectivity index is 1.92. The number of aliphatic carboxylic acids is 2. The number of aliphatic hydroxyl groups excluding tert-OH is 2. The number of allylic oxidation sites excluding steroid dienone is 4. The summed E-state index contributed by atoms with van der Waals surface area (Å²) in [6, 6.07) is 0. The summed E-state index contributed by atoms with van der Waals surface area (Å²) in [4.78, 5) is 47.9. The number of aliphatic hydroxyl groups is 2. The second-order valence-electron chi connectivity index (χ2n) is 11.5. The molecule has 0 amide bonds. The zero-order chi connectivity index (χ0) is 27.9. The summed E-state index contributed by atoms with van der Waals surface area (Å²) in [6.07, 6.45) is -2.89. The highest BCUT2D eigenvalue weighted by Crippen LogP contribution is 2.75. The number of ketones is 2. The molecule has 4 rings (SSSR count). The molecule has 4 N–H and O–H groups in total. The first-order valence-corrected chi connectivity index (χ1v) is 13.1. The second kappa shape index (κ2) is 8.86. The summed E-state index contributed by atoms with van der Waals surface area (Å²) >= 11 is 14.4. The lowest BCUT2D eigenvalue weighted by molar-refractivity contribution is -0.164. The topological polar surface area (TPSA) is 149 Å². The fourth-order valence-corrected chi connectivity index (χ4v) is 9.58. The van der Waals surface area contributed by atoms with Gasteiger partial charge >= 0.3 is 11.9 Å². The zero-order valence-electron chi connectivity index (χ0n) is 20.7. The first kappa shape index (κ1) is 28.2. The molecule has 3 saturated carbocycles. The molecular formula is C26H31Cl2FO8. The van der Waals surface area contributed by atoms with Crippen LogP contribution in [0.3, 0.4) is 0 Å². The highest BCUT2D eigenvalue weighted by Gasteiger charge is 2.78. The zero-order valence-corrected chi connectivity index (χ0v) is 22.2. The van der Waals surface area contributed by atoms with Gasteiger partial charge in [0.15, 0.2) is 11.6 Å². The van der Waals surface area contributed by atoms with Crippen molar-refractivity contribution in [1.29, 1.82) is 0 Å². The van der Waals surface area contributed by atoms with Gasteiger partial charge in [0.25, 0.3) is 0 Å². The van der Waals surface area contributed by atoms with Crippen molar-refractivity contribution in [1.82, 2.24) is 0 Å². The molecule has 4 unspecified atom stereocenters.